The SMILES string of the molecule is COc1cccc(CN(C)CC(=O)Nc2ccc(C(=O)N(C)C)cc2)c1OC. The van der Waals surface area contributed by atoms with E-state index in [-0.39, 0.29) is 18.4 Å². The van der Waals surface area contributed by atoms with Crippen LogP contribution in [0.3, 0.4) is 0 Å². The van der Waals surface area contributed by atoms with Crippen LogP contribution in [-0.4, -0.2) is 63.5 Å². The molecule has 0 unspecified atom stereocenters. The molecular formula is C21H27N3O4. The summed E-state index contributed by atoms with van der Waals surface area (Å²) in [7, 11) is 8.45. The summed E-state index contributed by atoms with van der Waals surface area (Å²) in [5, 5.41) is 2.84. The molecule has 2 aromatic carbocycles. The first-order valence-corrected chi connectivity index (χ1v) is 8.85. The van der Waals surface area contributed by atoms with Gasteiger partial charge in [0.2, 0.25) is 5.91 Å². The molecular weight excluding hydrogens is 358 g/mol. The first-order chi connectivity index (χ1) is 13.3. The number of ether oxygens (including phenoxy) is 2. The highest BCUT2D eigenvalue weighted by Crippen LogP contribution is 2.31. The molecule has 0 atom stereocenters. The summed E-state index contributed by atoms with van der Waals surface area (Å²) in [5.41, 5.74) is 2.15. The molecule has 0 radical (unpaired) electrons. The number of anilines is 1. The Morgan fingerprint density at radius 3 is 2.21 bits per heavy atom. The van der Waals surface area contributed by atoms with Gasteiger partial charge in [-0.25, -0.2) is 0 Å². The zero-order valence-electron chi connectivity index (χ0n) is 17.0. The van der Waals surface area contributed by atoms with Gasteiger partial charge in [0.1, 0.15) is 0 Å². The molecule has 0 aliphatic carbocycles. The smallest absolute Gasteiger partial charge is 0.253 e. The van der Waals surface area contributed by atoms with E-state index in [1.54, 1.807) is 52.6 Å². The van der Waals surface area contributed by atoms with Crippen LogP contribution in [-0.2, 0) is 11.3 Å². The first kappa shape index (κ1) is 21.2. The number of benzene rings is 2. The quantitative estimate of drug-likeness (QED) is 0.756. The molecule has 0 heterocycles. The summed E-state index contributed by atoms with van der Waals surface area (Å²) < 4.78 is 10.7. The number of nitrogens with zero attached hydrogens (tertiary/aromatic N) is 2. The average Bonchev–Trinajstić information content (AvgIpc) is 2.67. The molecule has 1 N–H and O–H groups in total. The van der Waals surface area contributed by atoms with Crippen LogP contribution < -0.4 is 14.8 Å². The van der Waals surface area contributed by atoms with Crippen molar-refractivity contribution in [3.05, 3.63) is 53.6 Å². The van der Waals surface area contributed by atoms with Gasteiger partial charge in [-0.3, -0.25) is 14.5 Å². The predicted octanol–water partition coefficient (Wildman–Crippen LogP) is 2.48. The van der Waals surface area contributed by atoms with Crippen LogP contribution in [0.4, 0.5) is 5.69 Å². The van der Waals surface area contributed by atoms with Gasteiger partial charge in [-0.15, -0.1) is 0 Å². The van der Waals surface area contributed by atoms with Gasteiger partial charge in [0, 0.05) is 37.5 Å². The van der Waals surface area contributed by atoms with Gasteiger partial charge in [0.05, 0.1) is 20.8 Å². The Hall–Kier alpha value is -3.06. The highest BCUT2D eigenvalue weighted by molar-refractivity contribution is 5.96. The minimum atomic E-state index is -0.143. The van der Waals surface area contributed by atoms with E-state index in [0.717, 1.165) is 5.56 Å². The van der Waals surface area contributed by atoms with E-state index in [4.69, 9.17) is 9.47 Å². The molecule has 0 spiro atoms. The summed E-state index contributed by atoms with van der Waals surface area (Å²) in [5.74, 6) is 1.10. The van der Waals surface area contributed by atoms with E-state index in [1.165, 1.54) is 4.90 Å². The van der Waals surface area contributed by atoms with Crippen LogP contribution in [0.25, 0.3) is 0 Å². The number of para-hydroxylation sites is 1. The number of rotatable bonds is 8. The molecule has 0 fully saturated rings. The van der Waals surface area contributed by atoms with Crippen LogP contribution in [0.2, 0.25) is 0 Å². The minimum Gasteiger partial charge on any atom is -0.493 e. The highest BCUT2D eigenvalue weighted by atomic mass is 16.5. The Morgan fingerprint density at radius 2 is 1.64 bits per heavy atom. The number of methoxy groups -OCH3 is 2. The third-order valence-electron chi connectivity index (χ3n) is 4.16. The zero-order chi connectivity index (χ0) is 20.7. The van der Waals surface area contributed by atoms with Gasteiger partial charge in [-0.2, -0.15) is 0 Å². The number of hydrogen-bond donors (Lipinski definition) is 1. The Labute approximate surface area is 165 Å². The maximum atomic E-state index is 12.3. The van der Waals surface area contributed by atoms with Crippen molar-refractivity contribution in [2.24, 2.45) is 0 Å². The van der Waals surface area contributed by atoms with Crippen molar-refractivity contribution in [3.8, 4) is 11.5 Å². The van der Waals surface area contributed by atoms with Crippen molar-refractivity contribution in [2.75, 3.05) is 47.2 Å². The summed E-state index contributed by atoms with van der Waals surface area (Å²) in [6, 6.07) is 12.5. The van der Waals surface area contributed by atoms with Gasteiger partial charge in [-0.1, -0.05) is 12.1 Å². The van der Waals surface area contributed by atoms with Crippen molar-refractivity contribution >= 4 is 17.5 Å². The monoisotopic (exact) mass is 385 g/mol. The van der Waals surface area contributed by atoms with Crippen molar-refractivity contribution < 1.29 is 19.1 Å². The van der Waals surface area contributed by atoms with E-state index >= 15 is 0 Å². The Morgan fingerprint density at radius 1 is 0.964 bits per heavy atom. The normalized spacial score (nSPS) is 10.5. The van der Waals surface area contributed by atoms with Crippen molar-refractivity contribution in [1.29, 1.82) is 0 Å². The van der Waals surface area contributed by atoms with Gasteiger partial charge in [0.15, 0.2) is 11.5 Å². The van der Waals surface area contributed by atoms with Gasteiger partial charge < -0.3 is 19.7 Å². The molecule has 0 aliphatic rings. The molecule has 150 valence electrons. The van der Waals surface area contributed by atoms with Gasteiger partial charge in [0.25, 0.3) is 5.91 Å². The van der Waals surface area contributed by atoms with Gasteiger partial charge >= 0.3 is 0 Å². The lowest BCUT2D eigenvalue weighted by Crippen LogP contribution is -2.30. The zero-order valence-corrected chi connectivity index (χ0v) is 17.0. The summed E-state index contributed by atoms with van der Waals surface area (Å²) in [4.78, 5) is 27.6. The Bertz CT molecular complexity index is 819. The van der Waals surface area contributed by atoms with Crippen LogP contribution in [0.1, 0.15) is 15.9 Å². The Balaban J connectivity index is 1.95. The van der Waals surface area contributed by atoms with Crippen molar-refractivity contribution in [1.82, 2.24) is 9.80 Å². The first-order valence-electron chi connectivity index (χ1n) is 8.85. The molecule has 0 saturated heterocycles. The second kappa shape index (κ2) is 9.75. The second-order valence-corrected chi connectivity index (χ2v) is 6.65. The van der Waals surface area contributed by atoms with Gasteiger partial charge in [-0.05, 0) is 37.4 Å². The van der Waals surface area contributed by atoms with E-state index in [0.29, 0.717) is 29.3 Å². The predicted molar refractivity (Wildman–Crippen MR) is 109 cm³/mol. The lowest BCUT2D eigenvalue weighted by Gasteiger charge is -2.19. The molecule has 28 heavy (non-hydrogen) atoms. The molecule has 0 saturated carbocycles. The molecule has 2 rings (SSSR count). The maximum Gasteiger partial charge on any atom is 0.253 e. The number of nitrogens with one attached hydrogen (secondary N) is 1. The third kappa shape index (κ3) is 5.47. The maximum absolute atomic E-state index is 12.3. The minimum absolute atomic E-state index is 0.0788. The third-order valence-corrected chi connectivity index (χ3v) is 4.16. The van der Waals surface area contributed by atoms with E-state index < -0.39 is 0 Å². The van der Waals surface area contributed by atoms with E-state index in [1.807, 2.05) is 30.1 Å². The molecule has 0 aromatic heterocycles. The topological polar surface area (TPSA) is 71.1 Å². The van der Waals surface area contributed by atoms with Crippen LogP contribution in [0.15, 0.2) is 42.5 Å². The summed E-state index contributed by atoms with van der Waals surface area (Å²) >= 11 is 0. The standard InChI is InChI=1S/C21H27N3O4/c1-23(2)21(26)15-9-11-17(12-10-15)22-19(25)14-24(3)13-16-7-6-8-18(27-4)20(16)28-5/h6-12H,13-14H2,1-5H3,(H,22,25). The van der Waals surface area contributed by atoms with E-state index in [9.17, 15) is 9.59 Å². The molecule has 7 heteroatoms. The van der Waals surface area contributed by atoms with Crippen molar-refractivity contribution in [2.45, 2.75) is 6.54 Å². The lowest BCUT2D eigenvalue weighted by molar-refractivity contribution is -0.117. The fourth-order valence-electron chi connectivity index (χ4n) is 2.82. The number of carbonyl (C=O) groups is 2. The lowest BCUT2D eigenvalue weighted by atomic mass is 10.1. The highest BCUT2D eigenvalue weighted by Gasteiger charge is 2.14. The Kier molecular flexibility index (Phi) is 7.40. The van der Waals surface area contributed by atoms with Crippen LogP contribution in [0, 0.1) is 0 Å². The molecule has 2 aromatic rings. The summed E-state index contributed by atoms with van der Waals surface area (Å²) in [6.07, 6.45) is 0. The van der Waals surface area contributed by atoms with Crippen LogP contribution >= 0.6 is 0 Å². The van der Waals surface area contributed by atoms with Crippen LogP contribution in [0.5, 0.6) is 11.5 Å². The summed E-state index contributed by atoms with van der Waals surface area (Å²) in [6.45, 7) is 0.739. The number of amides is 2. The molecule has 2 amide bonds. The molecule has 0 aliphatic heterocycles. The molecule has 7 nitrogen and oxygen atoms in total. The number of hydrogen-bond acceptors (Lipinski definition) is 5. The largest absolute Gasteiger partial charge is 0.493 e. The number of likely N-dealkylation sites (N-methyl/N-ethyl adjacent to an activating group) is 1. The van der Waals surface area contributed by atoms with E-state index in [2.05, 4.69) is 5.32 Å². The van der Waals surface area contributed by atoms with Crippen molar-refractivity contribution in [3.63, 3.8) is 0 Å². The fourth-order valence-corrected chi connectivity index (χ4v) is 2.82. The number of carbonyl (C=O) groups excluding carboxylic acids is 2. The average molecular weight is 385 g/mol. The fraction of sp³-hybridized carbons (Fsp3) is 0.333. The second-order valence-electron chi connectivity index (χ2n) is 6.65. The molecule has 0 bridgehead atoms.